The molecule has 0 bridgehead atoms. The van der Waals surface area contributed by atoms with Crippen LogP contribution in [0.1, 0.15) is 19.6 Å². The third-order valence-electron chi connectivity index (χ3n) is 2.84. The first-order valence-electron chi connectivity index (χ1n) is 6.08. The van der Waals surface area contributed by atoms with Crippen molar-refractivity contribution in [3.63, 3.8) is 0 Å². The van der Waals surface area contributed by atoms with Crippen LogP contribution < -0.4 is 11.1 Å². The zero-order valence-electron chi connectivity index (χ0n) is 11.1. The summed E-state index contributed by atoms with van der Waals surface area (Å²) in [7, 11) is -3.48. The van der Waals surface area contributed by atoms with Crippen LogP contribution in [0.3, 0.4) is 0 Å². The number of nitrogens with one attached hydrogen (secondary N) is 1. The molecule has 1 heterocycles. The molecule has 2 unspecified atom stereocenters. The van der Waals surface area contributed by atoms with E-state index in [1.165, 1.54) is 13.2 Å². The van der Waals surface area contributed by atoms with Crippen LogP contribution in [0.15, 0.2) is 22.8 Å². The summed E-state index contributed by atoms with van der Waals surface area (Å²) in [5, 5.41) is 1.45. The number of carbonyl (C=O) groups excluding carboxylic acids is 1. The van der Waals surface area contributed by atoms with Gasteiger partial charge in [0.15, 0.2) is 9.84 Å². The van der Waals surface area contributed by atoms with Crippen molar-refractivity contribution in [2.75, 3.05) is 12.3 Å². The first-order chi connectivity index (χ1) is 8.86. The second kappa shape index (κ2) is 6.72. The molecule has 3 N–H and O–H groups in total. The second-order valence-corrected chi connectivity index (χ2v) is 6.98. The largest absolute Gasteiger partial charge is 0.467 e. The Hall–Kier alpha value is -1.34. The molecule has 1 aromatic rings. The van der Waals surface area contributed by atoms with Gasteiger partial charge in [0.2, 0.25) is 5.91 Å². The van der Waals surface area contributed by atoms with Crippen molar-refractivity contribution in [3.8, 4) is 0 Å². The molecular weight excluding hydrogens is 268 g/mol. The van der Waals surface area contributed by atoms with E-state index in [1.54, 1.807) is 19.1 Å². The lowest BCUT2D eigenvalue weighted by Crippen LogP contribution is -2.40. The Labute approximate surface area is 113 Å². The summed E-state index contributed by atoms with van der Waals surface area (Å²) < 4.78 is 29.0. The predicted octanol–water partition coefficient (Wildman–Crippen LogP) is 0.294. The first-order valence-corrected chi connectivity index (χ1v) is 7.80. The Kier molecular flexibility index (Phi) is 5.56. The van der Waals surface area contributed by atoms with Crippen LogP contribution in [0.4, 0.5) is 0 Å². The molecule has 0 aliphatic rings. The summed E-state index contributed by atoms with van der Waals surface area (Å²) in [6.07, 6.45) is 1.49. The van der Waals surface area contributed by atoms with E-state index in [0.717, 1.165) is 0 Å². The summed E-state index contributed by atoms with van der Waals surface area (Å²) in [6, 6.07) is 3.40. The van der Waals surface area contributed by atoms with Crippen LogP contribution >= 0.6 is 0 Å². The lowest BCUT2D eigenvalue weighted by Gasteiger charge is -2.15. The third kappa shape index (κ3) is 4.68. The van der Waals surface area contributed by atoms with Crippen LogP contribution in [0.5, 0.6) is 0 Å². The van der Waals surface area contributed by atoms with Crippen molar-refractivity contribution in [3.05, 3.63) is 24.2 Å². The maximum absolute atomic E-state index is 12.0. The number of nitrogens with two attached hydrogens (primary N) is 1. The lowest BCUT2D eigenvalue weighted by atomic mass is 10.2. The maximum atomic E-state index is 12.0. The molecule has 0 saturated carbocycles. The topological polar surface area (TPSA) is 102 Å². The highest BCUT2D eigenvalue weighted by atomic mass is 32.2. The smallest absolute Gasteiger partial charge is 0.238 e. The average molecular weight is 288 g/mol. The molecule has 0 saturated heterocycles. The van der Waals surface area contributed by atoms with Gasteiger partial charge in [0.05, 0.1) is 18.6 Å². The number of sulfone groups is 1. The fourth-order valence-electron chi connectivity index (χ4n) is 1.50. The zero-order chi connectivity index (χ0) is 14.5. The van der Waals surface area contributed by atoms with E-state index >= 15 is 0 Å². The molecule has 0 aliphatic carbocycles. The minimum absolute atomic E-state index is 0.0845. The minimum Gasteiger partial charge on any atom is -0.467 e. The number of rotatable bonds is 7. The fourth-order valence-corrected chi connectivity index (χ4v) is 3.13. The SMILES string of the molecule is CC(CN)CS(=O)(=O)C(C)C(=O)NCc1ccco1. The molecule has 1 rings (SSSR count). The summed E-state index contributed by atoms with van der Waals surface area (Å²) in [4.78, 5) is 11.8. The third-order valence-corrected chi connectivity index (χ3v) is 5.17. The maximum Gasteiger partial charge on any atom is 0.238 e. The fraction of sp³-hybridized carbons (Fsp3) is 0.583. The lowest BCUT2D eigenvalue weighted by molar-refractivity contribution is -0.120. The van der Waals surface area contributed by atoms with Crippen molar-refractivity contribution < 1.29 is 17.6 Å². The molecule has 6 nitrogen and oxygen atoms in total. The van der Waals surface area contributed by atoms with Gasteiger partial charge >= 0.3 is 0 Å². The van der Waals surface area contributed by atoms with E-state index in [4.69, 9.17) is 10.2 Å². The van der Waals surface area contributed by atoms with Crippen molar-refractivity contribution in [2.45, 2.75) is 25.6 Å². The first kappa shape index (κ1) is 15.7. The van der Waals surface area contributed by atoms with E-state index in [0.29, 0.717) is 5.76 Å². The summed E-state index contributed by atoms with van der Waals surface area (Å²) in [6.45, 7) is 3.58. The standard InChI is InChI=1S/C12H20N2O4S/c1-9(6-13)8-19(16,17)10(2)12(15)14-7-11-4-3-5-18-11/h3-5,9-10H,6-8,13H2,1-2H3,(H,14,15). The number of hydrogen-bond acceptors (Lipinski definition) is 5. The molecule has 1 aromatic heterocycles. The molecule has 0 spiro atoms. The molecule has 0 fully saturated rings. The van der Waals surface area contributed by atoms with Crippen molar-refractivity contribution >= 4 is 15.7 Å². The molecule has 2 atom stereocenters. The van der Waals surface area contributed by atoms with Gasteiger partial charge in [-0.1, -0.05) is 6.92 Å². The van der Waals surface area contributed by atoms with Gasteiger partial charge in [-0.3, -0.25) is 4.79 Å². The summed E-state index contributed by atoms with van der Waals surface area (Å²) in [5.41, 5.74) is 5.40. The average Bonchev–Trinajstić information content (AvgIpc) is 2.87. The minimum atomic E-state index is -3.48. The number of amides is 1. The monoisotopic (exact) mass is 288 g/mol. The van der Waals surface area contributed by atoms with Crippen LogP contribution in [-0.4, -0.2) is 31.9 Å². The number of carbonyl (C=O) groups is 1. The van der Waals surface area contributed by atoms with Gasteiger partial charge in [0.1, 0.15) is 11.0 Å². The number of hydrogen-bond donors (Lipinski definition) is 2. The molecule has 19 heavy (non-hydrogen) atoms. The molecule has 1 amide bonds. The van der Waals surface area contributed by atoms with Gasteiger partial charge < -0.3 is 15.5 Å². The Balaban J connectivity index is 2.56. The van der Waals surface area contributed by atoms with Crippen LogP contribution in [0.2, 0.25) is 0 Å². The summed E-state index contributed by atoms with van der Waals surface area (Å²) in [5.74, 6) is -0.196. The second-order valence-electron chi connectivity index (χ2n) is 4.61. The van der Waals surface area contributed by atoms with Gasteiger partial charge in [0, 0.05) is 0 Å². The highest BCUT2D eigenvalue weighted by Crippen LogP contribution is 2.08. The van der Waals surface area contributed by atoms with Gasteiger partial charge in [-0.05, 0) is 31.5 Å². The van der Waals surface area contributed by atoms with Crippen molar-refractivity contribution in [1.82, 2.24) is 5.32 Å². The zero-order valence-corrected chi connectivity index (χ0v) is 11.9. The Morgan fingerprint density at radius 3 is 2.68 bits per heavy atom. The molecule has 108 valence electrons. The molecule has 0 aliphatic heterocycles. The Morgan fingerprint density at radius 1 is 1.47 bits per heavy atom. The summed E-state index contributed by atoms with van der Waals surface area (Å²) >= 11 is 0. The van der Waals surface area contributed by atoms with E-state index in [1.807, 2.05) is 0 Å². The molecule has 0 aromatic carbocycles. The van der Waals surface area contributed by atoms with Crippen LogP contribution in [0, 0.1) is 5.92 Å². The van der Waals surface area contributed by atoms with Crippen LogP contribution in [-0.2, 0) is 21.2 Å². The van der Waals surface area contributed by atoms with Crippen molar-refractivity contribution in [1.29, 1.82) is 0 Å². The van der Waals surface area contributed by atoms with Gasteiger partial charge in [0.25, 0.3) is 0 Å². The Morgan fingerprint density at radius 2 is 2.16 bits per heavy atom. The van der Waals surface area contributed by atoms with Gasteiger partial charge in [-0.15, -0.1) is 0 Å². The highest BCUT2D eigenvalue weighted by Gasteiger charge is 2.29. The molecular formula is C12H20N2O4S. The van der Waals surface area contributed by atoms with E-state index in [9.17, 15) is 13.2 Å². The number of furan rings is 1. The quantitative estimate of drug-likeness (QED) is 0.751. The molecule has 0 radical (unpaired) electrons. The van der Waals surface area contributed by atoms with Gasteiger partial charge in [-0.25, -0.2) is 8.42 Å². The van der Waals surface area contributed by atoms with Crippen LogP contribution in [0.25, 0.3) is 0 Å². The normalized spacial score (nSPS) is 14.9. The Bertz CT molecular complexity index is 496. The van der Waals surface area contributed by atoms with E-state index in [-0.39, 0.29) is 24.8 Å². The highest BCUT2D eigenvalue weighted by molar-refractivity contribution is 7.92. The van der Waals surface area contributed by atoms with Gasteiger partial charge in [-0.2, -0.15) is 0 Å². The van der Waals surface area contributed by atoms with Crippen molar-refractivity contribution in [2.24, 2.45) is 11.7 Å². The van der Waals surface area contributed by atoms with E-state index in [2.05, 4.69) is 5.32 Å². The van der Waals surface area contributed by atoms with E-state index < -0.39 is 21.0 Å². The predicted molar refractivity (Wildman–Crippen MR) is 72.0 cm³/mol. The molecule has 7 heteroatoms.